The Labute approximate surface area is 174 Å². The second kappa shape index (κ2) is 9.25. The number of unbranched alkanes of at least 4 members (excludes halogenated alkanes) is 1. The Morgan fingerprint density at radius 2 is 2.17 bits per heavy atom. The third-order valence-electron chi connectivity index (χ3n) is 5.04. The number of fused-ring (bicyclic) bond motifs is 1. The van der Waals surface area contributed by atoms with Crippen molar-refractivity contribution in [3.63, 3.8) is 0 Å². The maximum Gasteiger partial charge on any atom is 0.475 e. The van der Waals surface area contributed by atoms with Crippen LogP contribution < -0.4 is 5.73 Å². The third-order valence-corrected chi connectivity index (χ3v) is 6.49. The second-order valence-electron chi connectivity index (χ2n) is 7.52. The molecule has 2 saturated heterocycles. The number of nitrogens with zero attached hydrogens (tertiary/aromatic N) is 1. The first kappa shape index (κ1) is 23.1. The maximum atomic E-state index is 12.8. The highest BCUT2D eigenvalue weighted by atomic mass is 31.2. The van der Waals surface area contributed by atoms with Gasteiger partial charge >= 0.3 is 13.8 Å². The summed E-state index contributed by atoms with van der Waals surface area (Å²) in [6.07, 6.45) is 1.14. The molecule has 12 heteroatoms. The van der Waals surface area contributed by atoms with Crippen LogP contribution in [0.15, 0.2) is 12.3 Å². The summed E-state index contributed by atoms with van der Waals surface area (Å²) in [5.74, 6) is -1.04. The summed E-state index contributed by atoms with van der Waals surface area (Å²) < 4.78 is 39.8. The summed E-state index contributed by atoms with van der Waals surface area (Å²) in [5.41, 5.74) is 5.19. The van der Waals surface area contributed by atoms with Gasteiger partial charge in [-0.2, -0.15) is 0 Å². The molecule has 3 aliphatic heterocycles. The van der Waals surface area contributed by atoms with Gasteiger partial charge in [0.15, 0.2) is 12.0 Å². The van der Waals surface area contributed by atoms with Gasteiger partial charge in [0.05, 0.1) is 31.8 Å². The van der Waals surface area contributed by atoms with Crippen LogP contribution in [0.3, 0.4) is 0 Å². The first-order valence-corrected chi connectivity index (χ1v) is 11.3. The molecule has 0 aromatic rings. The second-order valence-corrected chi connectivity index (χ2v) is 9.14. The molecule has 0 aliphatic carbocycles. The molecule has 2 fully saturated rings. The van der Waals surface area contributed by atoms with Crippen LogP contribution in [0.4, 0.5) is 0 Å². The van der Waals surface area contributed by atoms with Crippen LogP contribution in [0.25, 0.3) is 0 Å². The number of phosphoric ester groups is 1. The molecule has 0 aromatic carbocycles. The Kier molecular flexibility index (Phi) is 7.11. The van der Waals surface area contributed by atoms with E-state index in [1.165, 1.54) is 17.2 Å². The number of carbonyl (C=O) groups is 3. The number of rotatable bonds is 8. The number of nitrogens with two attached hydrogens (primary N) is 1. The van der Waals surface area contributed by atoms with Crippen molar-refractivity contribution >= 4 is 25.5 Å². The monoisotopic (exact) mass is 446 g/mol. The fourth-order valence-corrected chi connectivity index (χ4v) is 5.06. The highest BCUT2D eigenvalue weighted by Gasteiger charge is 2.60. The molecular formula is C18H27N2O9P. The topological polar surface area (TPSA) is 144 Å². The van der Waals surface area contributed by atoms with Crippen molar-refractivity contribution in [2.24, 2.45) is 5.73 Å². The van der Waals surface area contributed by atoms with E-state index in [4.69, 9.17) is 28.8 Å². The summed E-state index contributed by atoms with van der Waals surface area (Å²) in [4.78, 5) is 36.2. The van der Waals surface area contributed by atoms with Crippen LogP contribution in [-0.2, 0) is 42.0 Å². The summed E-state index contributed by atoms with van der Waals surface area (Å²) in [5, 5.41) is 0. The van der Waals surface area contributed by atoms with Crippen molar-refractivity contribution in [3.05, 3.63) is 12.3 Å². The molecule has 0 saturated carbocycles. The van der Waals surface area contributed by atoms with E-state index in [1.54, 1.807) is 13.8 Å². The van der Waals surface area contributed by atoms with E-state index in [0.29, 0.717) is 19.4 Å². The van der Waals surface area contributed by atoms with Crippen molar-refractivity contribution in [2.75, 3.05) is 19.8 Å². The fourth-order valence-electron chi connectivity index (χ4n) is 3.54. The third kappa shape index (κ3) is 4.99. The van der Waals surface area contributed by atoms with Gasteiger partial charge in [-0.1, -0.05) is 0 Å². The molecule has 11 nitrogen and oxygen atoms in total. The standard InChI is InChI=1S/C18H27N2O9P/c1-3-25-15(23)6-4-5-9-26-30(24)27-11-13-16(29-30)18(2,19)17(28-13)20-8-7-12(21)10-14(20)22/h7-8,13,16-17H,3-6,9-11,19H2,1-2H3/t13-,16-,17-,18-,30?/m1/s1. The first-order chi connectivity index (χ1) is 14.2. The van der Waals surface area contributed by atoms with Gasteiger partial charge in [0, 0.05) is 12.6 Å². The van der Waals surface area contributed by atoms with Crippen LogP contribution in [0, 0.1) is 0 Å². The highest BCUT2D eigenvalue weighted by Crippen LogP contribution is 2.57. The molecule has 1 amide bonds. The van der Waals surface area contributed by atoms with Crippen molar-refractivity contribution in [1.82, 2.24) is 4.90 Å². The molecule has 5 atom stereocenters. The van der Waals surface area contributed by atoms with Crippen molar-refractivity contribution in [1.29, 1.82) is 0 Å². The molecule has 3 aliphatic rings. The number of ketones is 1. The number of carbonyl (C=O) groups excluding carboxylic acids is 3. The van der Waals surface area contributed by atoms with Crippen LogP contribution in [0.5, 0.6) is 0 Å². The van der Waals surface area contributed by atoms with Crippen molar-refractivity contribution < 1.29 is 42.0 Å². The molecule has 2 N–H and O–H groups in total. The van der Waals surface area contributed by atoms with Crippen LogP contribution >= 0.6 is 7.82 Å². The predicted molar refractivity (Wildman–Crippen MR) is 102 cm³/mol. The molecule has 3 rings (SSSR count). The summed E-state index contributed by atoms with van der Waals surface area (Å²) in [6, 6.07) is 0. The Morgan fingerprint density at radius 3 is 2.87 bits per heavy atom. The maximum absolute atomic E-state index is 12.8. The Balaban J connectivity index is 1.56. The van der Waals surface area contributed by atoms with Gasteiger partial charge < -0.3 is 15.2 Å². The lowest BCUT2D eigenvalue weighted by Gasteiger charge is -2.38. The summed E-state index contributed by atoms with van der Waals surface area (Å²) in [7, 11) is -3.88. The van der Waals surface area contributed by atoms with Gasteiger partial charge in [0.1, 0.15) is 12.2 Å². The Bertz CT molecular complexity index is 769. The molecule has 0 bridgehead atoms. The smallest absolute Gasteiger partial charge is 0.466 e. The van der Waals surface area contributed by atoms with Gasteiger partial charge in [-0.25, -0.2) is 4.57 Å². The van der Waals surface area contributed by atoms with Crippen molar-refractivity contribution in [3.8, 4) is 0 Å². The normalized spacial score (nSPS) is 36.1. The number of hydrogen-bond donors (Lipinski definition) is 1. The lowest BCUT2D eigenvalue weighted by atomic mass is 9.92. The number of ether oxygens (including phenoxy) is 2. The molecule has 1 unspecified atom stereocenters. The Hall–Kier alpha value is -1.62. The average Bonchev–Trinajstić information content (AvgIpc) is 2.92. The lowest BCUT2D eigenvalue weighted by Crippen LogP contribution is -2.60. The minimum absolute atomic E-state index is 0.0646. The molecule has 0 aromatic heterocycles. The summed E-state index contributed by atoms with van der Waals surface area (Å²) >= 11 is 0. The molecule has 3 heterocycles. The van der Waals surface area contributed by atoms with E-state index < -0.39 is 37.7 Å². The molecule has 30 heavy (non-hydrogen) atoms. The molecule has 0 radical (unpaired) electrons. The minimum atomic E-state index is -3.88. The lowest BCUT2D eigenvalue weighted by molar-refractivity contribution is -0.147. The highest BCUT2D eigenvalue weighted by molar-refractivity contribution is 7.48. The Morgan fingerprint density at radius 1 is 1.40 bits per heavy atom. The SMILES string of the molecule is CCOC(=O)CCCCOP1(=O)OC[C@H]2O[C@@H](N3C=CC(=O)CC3=O)[C@](C)(N)[C@@H]2O1. The largest absolute Gasteiger partial charge is 0.475 e. The van der Waals surface area contributed by atoms with E-state index in [1.807, 2.05) is 0 Å². The van der Waals surface area contributed by atoms with E-state index in [2.05, 4.69) is 0 Å². The predicted octanol–water partition coefficient (Wildman–Crippen LogP) is 1.02. The zero-order valence-corrected chi connectivity index (χ0v) is 17.9. The van der Waals surface area contributed by atoms with E-state index in [-0.39, 0.29) is 37.8 Å². The van der Waals surface area contributed by atoms with Gasteiger partial charge in [0.2, 0.25) is 5.91 Å². The van der Waals surface area contributed by atoms with E-state index >= 15 is 0 Å². The molecule has 0 spiro atoms. The van der Waals surface area contributed by atoms with Crippen LogP contribution in [0.2, 0.25) is 0 Å². The number of amides is 1. The minimum Gasteiger partial charge on any atom is -0.466 e. The van der Waals surface area contributed by atoms with Gasteiger partial charge in [0.25, 0.3) is 0 Å². The van der Waals surface area contributed by atoms with Crippen molar-refractivity contribution in [2.45, 2.75) is 63.5 Å². The number of hydrogen-bond acceptors (Lipinski definition) is 10. The summed E-state index contributed by atoms with van der Waals surface area (Å²) in [6.45, 7) is 3.66. The van der Waals surface area contributed by atoms with Gasteiger partial charge in [-0.3, -0.25) is 32.9 Å². The van der Waals surface area contributed by atoms with Gasteiger partial charge in [-0.05, 0) is 32.8 Å². The number of esters is 1. The molecular weight excluding hydrogens is 419 g/mol. The van der Waals surface area contributed by atoms with E-state index in [0.717, 1.165) is 0 Å². The molecule has 168 valence electrons. The van der Waals surface area contributed by atoms with Gasteiger partial charge in [-0.15, -0.1) is 0 Å². The number of allylic oxidation sites excluding steroid dienone is 1. The van der Waals surface area contributed by atoms with Crippen LogP contribution in [-0.4, -0.2) is 66.4 Å². The number of phosphoric acid groups is 1. The van der Waals surface area contributed by atoms with E-state index in [9.17, 15) is 18.9 Å². The fraction of sp³-hybridized carbons (Fsp3) is 0.722. The first-order valence-electron chi connectivity index (χ1n) is 9.86. The van der Waals surface area contributed by atoms with Crippen LogP contribution in [0.1, 0.15) is 39.5 Å². The quantitative estimate of drug-likeness (QED) is 0.248. The average molecular weight is 446 g/mol. The zero-order valence-electron chi connectivity index (χ0n) is 17.0. The zero-order chi connectivity index (χ0) is 21.9.